The van der Waals surface area contributed by atoms with Gasteiger partial charge in [-0.05, 0) is 24.6 Å². The molecule has 0 aliphatic heterocycles. The Morgan fingerprint density at radius 1 is 1.33 bits per heavy atom. The second-order valence-electron chi connectivity index (χ2n) is 5.68. The van der Waals surface area contributed by atoms with E-state index in [0.29, 0.717) is 11.1 Å². The van der Waals surface area contributed by atoms with Gasteiger partial charge < -0.3 is 10.5 Å². The predicted octanol–water partition coefficient (Wildman–Crippen LogP) is 0.924. The van der Waals surface area contributed by atoms with Crippen molar-refractivity contribution in [2.24, 2.45) is 0 Å². The van der Waals surface area contributed by atoms with E-state index in [4.69, 9.17) is 4.43 Å². The van der Waals surface area contributed by atoms with Crippen molar-refractivity contribution in [2.75, 3.05) is 0 Å². The van der Waals surface area contributed by atoms with Crippen LogP contribution >= 0.6 is 0 Å². The molecule has 0 aromatic rings. The van der Waals surface area contributed by atoms with Crippen LogP contribution < -0.4 is 18.9 Å². The number of rotatable bonds is 2. The summed E-state index contributed by atoms with van der Waals surface area (Å²) < 4.78 is 6.26. The number of hydrogen-bond donors (Lipinski definition) is 0. The summed E-state index contributed by atoms with van der Waals surface area (Å²) in [5.74, 6) is 0. The molecule has 1 aliphatic carbocycles. The van der Waals surface area contributed by atoms with Gasteiger partial charge >= 0.3 is 18.9 Å². The van der Waals surface area contributed by atoms with Crippen LogP contribution in [0.3, 0.4) is 0 Å². The van der Waals surface area contributed by atoms with E-state index in [1.807, 2.05) is 0 Å². The van der Waals surface area contributed by atoms with E-state index < -0.39 is 8.32 Å². The fourth-order valence-electron chi connectivity index (χ4n) is 1.35. The Labute approximate surface area is 108 Å². The summed E-state index contributed by atoms with van der Waals surface area (Å²) in [6, 6.07) is 0. The minimum atomic E-state index is -1.56. The van der Waals surface area contributed by atoms with Gasteiger partial charge in [-0.2, -0.15) is 6.42 Å². The zero-order valence-electron chi connectivity index (χ0n) is 11.2. The van der Waals surface area contributed by atoms with Crippen LogP contribution in [-0.4, -0.2) is 14.4 Å². The first-order valence-corrected chi connectivity index (χ1v) is 8.48. The molecular formula is C12H23LiOSi. The quantitative estimate of drug-likeness (QED) is 0.495. The van der Waals surface area contributed by atoms with Gasteiger partial charge in [-0.15, -0.1) is 0 Å². The van der Waals surface area contributed by atoms with Crippen LogP contribution in [0.2, 0.25) is 18.1 Å². The molecule has 1 aliphatic rings. The molecule has 0 N–H and O–H groups in total. The molecule has 0 heterocycles. The largest absolute Gasteiger partial charge is 1.00 e. The maximum atomic E-state index is 6.26. The van der Waals surface area contributed by atoms with E-state index in [1.54, 1.807) is 0 Å². The molecule has 82 valence electrons. The average molecular weight is 218 g/mol. The average Bonchev–Trinajstić information content (AvgIpc) is 2.03. The van der Waals surface area contributed by atoms with Crippen LogP contribution in [0.15, 0.2) is 6.08 Å². The SMILES string of the molecule is CC(C)(C)[Si](C)(C)OC1C=[C-]CCC1.[Li+]. The monoisotopic (exact) mass is 218 g/mol. The third-order valence-electron chi connectivity index (χ3n) is 3.37. The molecule has 0 radical (unpaired) electrons. The molecule has 0 spiro atoms. The third-order valence-corrected chi connectivity index (χ3v) is 7.87. The Morgan fingerprint density at radius 2 is 1.93 bits per heavy atom. The van der Waals surface area contributed by atoms with Gasteiger partial charge in [0.15, 0.2) is 8.32 Å². The van der Waals surface area contributed by atoms with E-state index in [9.17, 15) is 0 Å². The molecule has 3 heteroatoms. The first-order chi connectivity index (χ1) is 6.33. The van der Waals surface area contributed by atoms with Crippen molar-refractivity contribution in [3.63, 3.8) is 0 Å². The smallest absolute Gasteiger partial charge is 0.498 e. The van der Waals surface area contributed by atoms with Crippen LogP contribution in [0, 0.1) is 6.08 Å². The summed E-state index contributed by atoms with van der Waals surface area (Å²) >= 11 is 0. The molecule has 15 heavy (non-hydrogen) atoms. The normalized spacial score (nSPS) is 22.3. The first-order valence-electron chi connectivity index (χ1n) is 5.57. The van der Waals surface area contributed by atoms with E-state index in [2.05, 4.69) is 46.0 Å². The van der Waals surface area contributed by atoms with E-state index in [0.717, 1.165) is 6.42 Å². The zero-order valence-corrected chi connectivity index (χ0v) is 12.2. The fourth-order valence-corrected chi connectivity index (χ4v) is 2.65. The zero-order chi connectivity index (χ0) is 10.8. The Hall–Kier alpha value is 0.514. The summed E-state index contributed by atoms with van der Waals surface area (Å²) in [5, 5.41) is 0.318. The van der Waals surface area contributed by atoms with E-state index in [-0.39, 0.29) is 18.9 Å². The second-order valence-corrected chi connectivity index (χ2v) is 10.4. The molecule has 0 saturated carbocycles. The summed E-state index contributed by atoms with van der Waals surface area (Å²) in [6.07, 6.45) is 9.27. The van der Waals surface area contributed by atoms with Crippen LogP contribution in [0.4, 0.5) is 0 Å². The maximum absolute atomic E-state index is 6.26. The summed E-state index contributed by atoms with van der Waals surface area (Å²) in [4.78, 5) is 0. The van der Waals surface area contributed by atoms with Gasteiger partial charge in [0.05, 0.1) is 0 Å². The van der Waals surface area contributed by atoms with Crippen molar-refractivity contribution in [3.8, 4) is 0 Å². The molecule has 0 saturated heterocycles. The number of hydrogen-bond acceptors (Lipinski definition) is 1. The number of allylic oxidation sites excluding steroid dienone is 1. The van der Waals surface area contributed by atoms with Gasteiger partial charge in [-0.1, -0.05) is 27.2 Å². The Bertz CT molecular complexity index is 218. The van der Waals surface area contributed by atoms with Gasteiger partial charge in [-0.3, -0.25) is 0 Å². The van der Waals surface area contributed by atoms with Crippen molar-refractivity contribution < 1.29 is 23.3 Å². The second kappa shape index (κ2) is 5.73. The Kier molecular flexibility index (Phi) is 5.92. The molecule has 1 nitrogen and oxygen atoms in total. The minimum absolute atomic E-state index is 0. The molecule has 0 fully saturated rings. The molecule has 0 aromatic carbocycles. The summed E-state index contributed by atoms with van der Waals surface area (Å²) in [7, 11) is -1.56. The molecule has 1 unspecified atom stereocenters. The molecule has 0 amide bonds. The van der Waals surface area contributed by atoms with Crippen molar-refractivity contribution in [1.82, 2.24) is 0 Å². The summed E-state index contributed by atoms with van der Waals surface area (Å²) in [6.45, 7) is 11.5. The molecule has 1 rings (SSSR count). The maximum Gasteiger partial charge on any atom is 1.00 e. The van der Waals surface area contributed by atoms with Crippen molar-refractivity contribution in [1.29, 1.82) is 0 Å². The third kappa shape index (κ3) is 4.48. The van der Waals surface area contributed by atoms with E-state index >= 15 is 0 Å². The van der Waals surface area contributed by atoms with Crippen molar-refractivity contribution in [2.45, 2.75) is 64.3 Å². The Balaban J connectivity index is 0.00000196. The molecule has 0 aromatic heterocycles. The standard InChI is InChI=1S/C12H23OSi.Li/c1-12(2,3)14(4,5)13-11-9-7-6-8-10-11;/h10-11H,6-7,9H2,1-5H3;/q-1;+1. The fraction of sp³-hybridized carbons (Fsp3) is 0.833. The van der Waals surface area contributed by atoms with Gasteiger partial charge in [0.25, 0.3) is 0 Å². The van der Waals surface area contributed by atoms with Crippen LogP contribution in [0.5, 0.6) is 0 Å². The molecule has 1 atom stereocenters. The molecule has 0 bridgehead atoms. The predicted molar refractivity (Wildman–Crippen MR) is 63.7 cm³/mol. The van der Waals surface area contributed by atoms with Gasteiger partial charge in [-0.25, -0.2) is 6.08 Å². The minimum Gasteiger partial charge on any atom is -0.498 e. The van der Waals surface area contributed by atoms with Crippen molar-refractivity contribution >= 4 is 8.32 Å². The van der Waals surface area contributed by atoms with Crippen LogP contribution in [-0.2, 0) is 4.43 Å². The van der Waals surface area contributed by atoms with Crippen LogP contribution in [0.25, 0.3) is 0 Å². The Morgan fingerprint density at radius 3 is 2.33 bits per heavy atom. The van der Waals surface area contributed by atoms with Gasteiger partial charge in [0, 0.05) is 6.10 Å². The van der Waals surface area contributed by atoms with Gasteiger partial charge in [0.1, 0.15) is 0 Å². The summed E-state index contributed by atoms with van der Waals surface area (Å²) in [5.41, 5.74) is 0. The molecular weight excluding hydrogens is 195 g/mol. The van der Waals surface area contributed by atoms with Gasteiger partial charge in [0.2, 0.25) is 0 Å². The van der Waals surface area contributed by atoms with E-state index in [1.165, 1.54) is 12.8 Å². The topological polar surface area (TPSA) is 9.23 Å². The van der Waals surface area contributed by atoms with Crippen molar-refractivity contribution in [3.05, 3.63) is 12.2 Å². The first kappa shape index (κ1) is 15.5. The van der Waals surface area contributed by atoms with Crippen LogP contribution in [0.1, 0.15) is 40.0 Å².